The van der Waals surface area contributed by atoms with E-state index in [0.717, 1.165) is 25.7 Å². The number of ether oxygens (including phenoxy) is 2. The molecule has 0 aromatic rings. The van der Waals surface area contributed by atoms with Crippen molar-refractivity contribution in [2.45, 2.75) is 98.7 Å². The fourth-order valence-electron chi connectivity index (χ4n) is 3.62. The summed E-state index contributed by atoms with van der Waals surface area (Å²) in [5.74, 6) is -1.24. The van der Waals surface area contributed by atoms with E-state index < -0.39 is 11.2 Å². The fourth-order valence-corrected chi connectivity index (χ4v) is 3.62. The molecule has 0 spiro atoms. The molecule has 24 heavy (non-hydrogen) atoms. The predicted octanol–water partition coefficient (Wildman–Crippen LogP) is 5.24. The van der Waals surface area contributed by atoms with E-state index in [-0.39, 0.29) is 23.8 Å². The number of carbonyl (C=O) groups excluding carboxylic acids is 2. The van der Waals surface area contributed by atoms with Crippen molar-refractivity contribution >= 4 is 11.9 Å². The summed E-state index contributed by atoms with van der Waals surface area (Å²) in [7, 11) is 0. The lowest BCUT2D eigenvalue weighted by Gasteiger charge is -2.45. The molecule has 4 heteroatoms. The normalized spacial score (nSPS) is 19.5. The molecule has 0 saturated carbocycles. The van der Waals surface area contributed by atoms with E-state index in [1.807, 2.05) is 0 Å². The van der Waals surface area contributed by atoms with Gasteiger partial charge in [-0.1, -0.05) is 67.2 Å². The Balaban J connectivity index is 3.10. The van der Waals surface area contributed by atoms with Crippen LogP contribution >= 0.6 is 0 Å². The lowest BCUT2D eigenvalue weighted by atomic mass is 9.76. The fraction of sp³-hybridized carbons (Fsp3) is 0.900. The summed E-state index contributed by atoms with van der Waals surface area (Å²) in [6.45, 7) is 12.3. The summed E-state index contributed by atoms with van der Waals surface area (Å²) in [6, 6.07) is 0. The minimum absolute atomic E-state index is 0.281. The molecule has 0 aromatic heterocycles. The van der Waals surface area contributed by atoms with E-state index in [4.69, 9.17) is 9.47 Å². The van der Waals surface area contributed by atoms with Gasteiger partial charge in [0.05, 0.1) is 0 Å². The van der Waals surface area contributed by atoms with Crippen LogP contribution in [0.25, 0.3) is 0 Å². The van der Waals surface area contributed by atoms with E-state index in [0.29, 0.717) is 25.7 Å². The second-order valence-corrected chi connectivity index (χ2v) is 8.17. The van der Waals surface area contributed by atoms with Gasteiger partial charge in [-0.3, -0.25) is 9.59 Å². The maximum Gasteiger partial charge on any atom is 0.326 e. The largest absolute Gasteiger partial charge is 0.422 e. The quantitative estimate of drug-likeness (QED) is 0.403. The molecule has 0 atom stereocenters. The summed E-state index contributed by atoms with van der Waals surface area (Å²) in [6.07, 6.45) is 5.71. The smallest absolute Gasteiger partial charge is 0.326 e. The van der Waals surface area contributed by atoms with Crippen LogP contribution in [0.4, 0.5) is 0 Å². The van der Waals surface area contributed by atoms with E-state index >= 15 is 0 Å². The van der Waals surface area contributed by atoms with Crippen LogP contribution in [-0.2, 0) is 19.1 Å². The van der Waals surface area contributed by atoms with E-state index in [2.05, 4.69) is 41.5 Å². The zero-order chi connectivity index (χ0) is 18.4. The van der Waals surface area contributed by atoms with Crippen LogP contribution in [0.5, 0.6) is 0 Å². The number of cyclic esters (lactones) is 2. The number of unbranched alkanes of at least 4 members (excludes halogenated alkanes) is 2. The number of hydrogen-bond acceptors (Lipinski definition) is 4. The second kappa shape index (κ2) is 8.87. The van der Waals surface area contributed by atoms with E-state index in [1.165, 1.54) is 0 Å². The van der Waals surface area contributed by atoms with Crippen LogP contribution in [0.3, 0.4) is 0 Å². The highest BCUT2D eigenvalue weighted by Crippen LogP contribution is 2.44. The molecule has 1 fully saturated rings. The van der Waals surface area contributed by atoms with Gasteiger partial charge in [0.25, 0.3) is 5.79 Å². The lowest BCUT2D eigenvalue weighted by Crippen LogP contribution is -2.57. The highest BCUT2D eigenvalue weighted by atomic mass is 16.7. The Morgan fingerprint density at radius 1 is 0.792 bits per heavy atom. The van der Waals surface area contributed by atoms with Gasteiger partial charge in [-0.2, -0.15) is 0 Å². The van der Waals surface area contributed by atoms with Gasteiger partial charge in [-0.15, -0.1) is 0 Å². The topological polar surface area (TPSA) is 52.6 Å². The molecule has 140 valence electrons. The Kier molecular flexibility index (Phi) is 7.75. The minimum Gasteiger partial charge on any atom is -0.422 e. The first-order chi connectivity index (χ1) is 11.2. The number of carbonyl (C=O) groups is 2. The summed E-state index contributed by atoms with van der Waals surface area (Å²) in [5.41, 5.74) is -1.09. The molecule has 1 saturated heterocycles. The molecule has 0 unspecified atom stereocenters. The molecule has 1 heterocycles. The van der Waals surface area contributed by atoms with Gasteiger partial charge >= 0.3 is 11.9 Å². The second-order valence-electron chi connectivity index (χ2n) is 8.17. The van der Waals surface area contributed by atoms with Crippen LogP contribution in [-0.4, -0.2) is 17.7 Å². The molecule has 1 rings (SSSR count). The van der Waals surface area contributed by atoms with Crippen LogP contribution < -0.4 is 0 Å². The van der Waals surface area contributed by atoms with Crippen LogP contribution in [0, 0.1) is 17.3 Å². The number of esters is 2. The monoisotopic (exact) mass is 340 g/mol. The molecule has 1 aliphatic heterocycles. The number of rotatable bonds is 10. The summed E-state index contributed by atoms with van der Waals surface area (Å²) < 4.78 is 11.8. The molecule has 0 aliphatic carbocycles. The van der Waals surface area contributed by atoms with Crippen LogP contribution in [0.15, 0.2) is 0 Å². The van der Waals surface area contributed by atoms with Crippen LogP contribution in [0.1, 0.15) is 92.9 Å². The zero-order valence-electron chi connectivity index (χ0n) is 16.4. The standard InChI is InChI=1S/C20H36O4/c1-7-9-11-19(12-10-8-2)17(21)23-20(13-15(3)4,14-16(5)6)24-18(19)22/h15-16H,7-14H2,1-6H3. The van der Waals surface area contributed by atoms with Gasteiger partial charge in [-0.25, -0.2) is 0 Å². The molecule has 0 aromatic carbocycles. The molecule has 0 radical (unpaired) electrons. The van der Waals surface area contributed by atoms with Crippen LogP contribution in [0.2, 0.25) is 0 Å². The lowest BCUT2D eigenvalue weighted by molar-refractivity contribution is -0.272. The molecule has 0 N–H and O–H groups in total. The highest BCUT2D eigenvalue weighted by molar-refractivity contribution is 6.01. The predicted molar refractivity (Wildman–Crippen MR) is 95.3 cm³/mol. The average Bonchev–Trinajstić information content (AvgIpc) is 2.44. The Bertz CT molecular complexity index is 385. The van der Waals surface area contributed by atoms with Gasteiger partial charge in [0, 0.05) is 12.8 Å². The van der Waals surface area contributed by atoms with Gasteiger partial charge in [-0.05, 0) is 24.7 Å². The molecule has 0 amide bonds. The zero-order valence-corrected chi connectivity index (χ0v) is 16.4. The van der Waals surface area contributed by atoms with Gasteiger partial charge < -0.3 is 9.47 Å². The Morgan fingerprint density at radius 3 is 1.46 bits per heavy atom. The van der Waals surface area contributed by atoms with Gasteiger partial charge in [0.1, 0.15) is 0 Å². The first kappa shape index (κ1) is 21.0. The average molecular weight is 341 g/mol. The van der Waals surface area contributed by atoms with Gasteiger partial charge in [0.2, 0.25) is 0 Å². The Hall–Kier alpha value is -1.06. The first-order valence-corrected chi connectivity index (χ1v) is 9.68. The minimum atomic E-state index is -1.09. The van der Waals surface area contributed by atoms with Crippen molar-refractivity contribution in [3.05, 3.63) is 0 Å². The molecule has 0 bridgehead atoms. The molecular formula is C20H36O4. The summed E-state index contributed by atoms with van der Waals surface area (Å²) in [5, 5.41) is 0. The van der Waals surface area contributed by atoms with Crippen molar-refractivity contribution in [3.63, 3.8) is 0 Å². The third-order valence-corrected chi connectivity index (χ3v) is 4.69. The third kappa shape index (κ3) is 4.97. The first-order valence-electron chi connectivity index (χ1n) is 9.68. The van der Waals surface area contributed by atoms with Crippen molar-refractivity contribution < 1.29 is 19.1 Å². The van der Waals surface area contributed by atoms with Crippen molar-refractivity contribution in [1.82, 2.24) is 0 Å². The van der Waals surface area contributed by atoms with Crippen molar-refractivity contribution in [3.8, 4) is 0 Å². The van der Waals surface area contributed by atoms with Gasteiger partial charge in [0.15, 0.2) is 5.41 Å². The Labute approximate surface area is 147 Å². The highest BCUT2D eigenvalue weighted by Gasteiger charge is 2.57. The van der Waals surface area contributed by atoms with E-state index in [9.17, 15) is 9.59 Å². The molecule has 1 aliphatic rings. The molecule has 4 nitrogen and oxygen atoms in total. The third-order valence-electron chi connectivity index (χ3n) is 4.69. The summed E-state index contributed by atoms with van der Waals surface area (Å²) >= 11 is 0. The van der Waals surface area contributed by atoms with Crippen molar-refractivity contribution in [2.24, 2.45) is 17.3 Å². The number of hydrogen-bond donors (Lipinski definition) is 0. The maximum absolute atomic E-state index is 13.0. The maximum atomic E-state index is 13.0. The molecular weight excluding hydrogens is 304 g/mol. The summed E-state index contributed by atoms with van der Waals surface area (Å²) in [4.78, 5) is 26.0. The Morgan fingerprint density at radius 2 is 1.17 bits per heavy atom. The van der Waals surface area contributed by atoms with Crippen molar-refractivity contribution in [1.29, 1.82) is 0 Å². The van der Waals surface area contributed by atoms with Crippen molar-refractivity contribution in [2.75, 3.05) is 0 Å². The SMILES string of the molecule is CCCCC1(CCCC)C(=O)OC(CC(C)C)(CC(C)C)OC1=O. The van der Waals surface area contributed by atoms with E-state index in [1.54, 1.807) is 0 Å².